The molecule has 0 aliphatic carbocycles. The van der Waals surface area contributed by atoms with Crippen molar-refractivity contribution in [3.63, 3.8) is 0 Å². The predicted molar refractivity (Wildman–Crippen MR) is 126 cm³/mol. The molecule has 3 aromatic heterocycles. The molecule has 4 heterocycles. The number of nitrogens with two attached hydrogens (primary N) is 2. The highest BCUT2D eigenvalue weighted by Gasteiger charge is 2.30. The Bertz CT molecular complexity index is 1210. The first-order valence-electron chi connectivity index (χ1n) is 10.9. The molecular formula is C24H28N8. The molecule has 0 bridgehead atoms. The Kier molecular flexibility index (Phi) is 5.34. The number of likely N-dealkylation sites (N-methyl/N-ethyl adjacent to an activating group) is 1. The predicted octanol–water partition coefficient (Wildman–Crippen LogP) is 1.70. The van der Waals surface area contributed by atoms with E-state index in [-0.39, 0.29) is 6.54 Å². The van der Waals surface area contributed by atoms with Crippen LogP contribution in [0.25, 0.3) is 17.0 Å². The maximum absolute atomic E-state index is 6.78. The van der Waals surface area contributed by atoms with Crippen LogP contribution in [0.3, 0.4) is 0 Å². The van der Waals surface area contributed by atoms with E-state index in [1.807, 2.05) is 67.1 Å². The molecule has 4 aromatic rings. The van der Waals surface area contributed by atoms with Crippen LogP contribution in [0.5, 0.6) is 0 Å². The van der Waals surface area contributed by atoms with Crippen molar-refractivity contribution in [2.75, 3.05) is 44.7 Å². The number of nitrogens with zero attached hydrogens (tertiary/aromatic N) is 6. The number of imidazole rings is 1. The third-order valence-electron chi connectivity index (χ3n) is 6.29. The molecule has 0 amide bonds. The van der Waals surface area contributed by atoms with Gasteiger partial charge < -0.3 is 21.3 Å². The van der Waals surface area contributed by atoms with Crippen LogP contribution in [0, 0.1) is 0 Å². The maximum Gasteiger partial charge on any atom is 0.180 e. The van der Waals surface area contributed by atoms with Crippen LogP contribution in [0.2, 0.25) is 0 Å². The molecule has 1 unspecified atom stereocenters. The van der Waals surface area contributed by atoms with Gasteiger partial charge in [-0.3, -0.25) is 4.40 Å². The standard InChI is InChI=1S/C24H28N8/c1-30-12-14-31(15-13-30)22-23-28-16-20(32(23)11-10-27-22)19-8-5-9-21(29-19)24(26,17-25)18-6-3-2-4-7-18/h2-11,16H,12-15,17,25-26H2,1H3. The molecule has 0 saturated carbocycles. The summed E-state index contributed by atoms with van der Waals surface area (Å²) in [5, 5.41) is 0. The van der Waals surface area contributed by atoms with Gasteiger partial charge in [0.2, 0.25) is 0 Å². The number of benzene rings is 1. The quantitative estimate of drug-likeness (QED) is 0.499. The summed E-state index contributed by atoms with van der Waals surface area (Å²) in [7, 11) is 2.14. The fourth-order valence-electron chi connectivity index (χ4n) is 4.27. The second kappa shape index (κ2) is 8.31. The Morgan fingerprint density at radius 1 is 0.969 bits per heavy atom. The van der Waals surface area contributed by atoms with E-state index in [0.717, 1.165) is 60.3 Å². The Labute approximate surface area is 187 Å². The molecule has 0 spiro atoms. The van der Waals surface area contributed by atoms with E-state index < -0.39 is 5.54 Å². The first-order valence-corrected chi connectivity index (χ1v) is 10.9. The van der Waals surface area contributed by atoms with E-state index in [1.165, 1.54) is 0 Å². The van der Waals surface area contributed by atoms with Gasteiger partial charge in [-0.25, -0.2) is 15.0 Å². The van der Waals surface area contributed by atoms with Gasteiger partial charge >= 0.3 is 0 Å². The summed E-state index contributed by atoms with van der Waals surface area (Å²) in [5.41, 5.74) is 16.2. The van der Waals surface area contributed by atoms with Gasteiger partial charge in [0.15, 0.2) is 11.5 Å². The van der Waals surface area contributed by atoms with Gasteiger partial charge in [0, 0.05) is 45.1 Å². The zero-order valence-corrected chi connectivity index (χ0v) is 18.2. The highest BCUT2D eigenvalue weighted by atomic mass is 15.3. The third kappa shape index (κ3) is 3.52. The van der Waals surface area contributed by atoms with Gasteiger partial charge in [-0.2, -0.15) is 0 Å². The summed E-state index contributed by atoms with van der Waals surface area (Å²) in [6.45, 7) is 4.14. The maximum atomic E-state index is 6.78. The normalized spacial score (nSPS) is 16.9. The number of hydrogen-bond donors (Lipinski definition) is 2. The molecule has 32 heavy (non-hydrogen) atoms. The SMILES string of the molecule is CN1CCN(c2nccn3c(-c4cccc(C(N)(CN)c5ccccc5)n4)cnc23)CC1. The fraction of sp³-hybridized carbons (Fsp3) is 0.292. The van der Waals surface area contributed by atoms with Crippen LogP contribution in [-0.4, -0.2) is 64.0 Å². The summed E-state index contributed by atoms with van der Waals surface area (Å²) in [5.74, 6) is 0.905. The summed E-state index contributed by atoms with van der Waals surface area (Å²) in [6, 6.07) is 15.8. The minimum atomic E-state index is -0.871. The Morgan fingerprint density at radius 3 is 2.50 bits per heavy atom. The van der Waals surface area contributed by atoms with E-state index in [9.17, 15) is 0 Å². The van der Waals surface area contributed by atoms with Gasteiger partial charge in [-0.15, -0.1) is 0 Å². The molecular weight excluding hydrogens is 400 g/mol. The van der Waals surface area contributed by atoms with Crippen molar-refractivity contribution < 1.29 is 0 Å². The number of hydrogen-bond acceptors (Lipinski definition) is 7. The monoisotopic (exact) mass is 428 g/mol. The smallest absolute Gasteiger partial charge is 0.180 e. The van der Waals surface area contributed by atoms with Crippen molar-refractivity contribution in [1.29, 1.82) is 0 Å². The number of anilines is 1. The molecule has 1 atom stereocenters. The number of aromatic nitrogens is 4. The molecule has 8 heteroatoms. The van der Waals surface area contributed by atoms with Crippen LogP contribution in [0.15, 0.2) is 67.1 Å². The average Bonchev–Trinajstić information content (AvgIpc) is 3.29. The van der Waals surface area contributed by atoms with Crippen molar-refractivity contribution in [3.05, 3.63) is 78.4 Å². The largest absolute Gasteiger partial charge is 0.351 e. The Morgan fingerprint density at radius 2 is 1.75 bits per heavy atom. The fourth-order valence-corrected chi connectivity index (χ4v) is 4.27. The van der Waals surface area contributed by atoms with Crippen LogP contribution >= 0.6 is 0 Å². The number of piperazine rings is 1. The van der Waals surface area contributed by atoms with Crippen molar-refractivity contribution in [2.24, 2.45) is 11.5 Å². The van der Waals surface area contributed by atoms with Crippen LogP contribution in [0.4, 0.5) is 5.82 Å². The Hall–Kier alpha value is -3.33. The Balaban J connectivity index is 1.55. The van der Waals surface area contributed by atoms with Crippen molar-refractivity contribution >= 4 is 11.5 Å². The van der Waals surface area contributed by atoms with E-state index in [2.05, 4.69) is 26.2 Å². The molecule has 1 aliphatic heterocycles. The molecule has 1 saturated heterocycles. The summed E-state index contributed by atoms with van der Waals surface area (Å²) in [6.07, 6.45) is 5.61. The second-order valence-electron chi connectivity index (χ2n) is 8.33. The molecule has 164 valence electrons. The lowest BCUT2D eigenvalue weighted by Crippen LogP contribution is -2.45. The van der Waals surface area contributed by atoms with Gasteiger partial charge in [0.25, 0.3) is 0 Å². The van der Waals surface area contributed by atoms with Crippen molar-refractivity contribution in [1.82, 2.24) is 24.3 Å². The van der Waals surface area contributed by atoms with E-state index >= 15 is 0 Å². The van der Waals surface area contributed by atoms with Gasteiger partial charge in [0.1, 0.15) is 0 Å². The molecule has 0 radical (unpaired) electrons. The average molecular weight is 429 g/mol. The third-order valence-corrected chi connectivity index (χ3v) is 6.29. The molecule has 1 aliphatic rings. The summed E-state index contributed by atoms with van der Waals surface area (Å²) < 4.78 is 2.05. The lowest BCUT2D eigenvalue weighted by molar-refractivity contribution is 0.312. The van der Waals surface area contributed by atoms with Gasteiger partial charge in [-0.1, -0.05) is 36.4 Å². The second-order valence-corrected chi connectivity index (χ2v) is 8.33. The van der Waals surface area contributed by atoms with E-state index in [4.69, 9.17) is 21.4 Å². The highest BCUT2D eigenvalue weighted by molar-refractivity contribution is 5.70. The molecule has 4 N–H and O–H groups in total. The topological polar surface area (TPSA) is 102 Å². The summed E-state index contributed by atoms with van der Waals surface area (Å²) in [4.78, 5) is 18.9. The number of pyridine rings is 1. The first kappa shape index (κ1) is 20.6. The molecule has 1 fully saturated rings. The minimum Gasteiger partial charge on any atom is -0.351 e. The zero-order valence-electron chi connectivity index (χ0n) is 18.2. The van der Waals surface area contributed by atoms with E-state index in [0.29, 0.717) is 0 Å². The molecule has 8 nitrogen and oxygen atoms in total. The van der Waals surface area contributed by atoms with Crippen LogP contribution < -0.4 is 16.4 Å². The zero-order chi connectivity index (χ0) is 22.1. The number of rotatable bonds is 5. The molecule has 1 aromatic carbocycles. The lowest BCUT2D eigenvalue weighted by Gasteiger charge is -2.33. The van der Waals surface area contributed by atoms with Crippen molar-refractivity contribution in [3.8, 4) is 11.4 Å². The minimum absolute atomic E-state index is 0.248. The van der Waals surface area contributed by atoms with Crippen LogP contribution in [0.1, 0.15) is 11.3 Å². The summed E-state index contributed by atoms with van der Waals surface area (Å²) >= 11 is 0. The highest BCUT2D eigenvalue weighted by Crippen LogP contribution is 2.29. The lowest BCUT2D eigenvalue weighted by atomic mass is 9.87. The first-order chi connectivity index (χ1) is 15.6. The van der Waals surface area contributed by atoms with Gasteiger partial charge in [0.05, 0.1) is 28.8 Å². The van der Waals surface area contributed by atoms with Gasteiger partial charge in [-0.05, 0) is 24.7 Å². The van der Waals surface area contributed by atoms with Crippen molar-refractivity contribution in [2.45, 2.75) is 5.54 Å². The van der Waals surface area contributed by atoms with E-state index in [1.54, 1.807) is 0 Å². The van der Waals surface area contributed by atoms with Crippen LogP contribution in [-0.2, 0) is 5.54 Å². The molecule has 5 rings (SSSR count). The number of fused-ring (bicyclic) bond motifs is 1.